The Kier molecular flexibility index (Phi) is 1.59. The molecule has 13 heavy (non-hydrogen) atoms. The van der Waals surface area contributed by atoms with Crippen molar-refractivity contribution in [2.45, 2.75) is 39.0 Å². The topological polar surface area (TPSA) is 17.1 Å². The van der Waals surface area contributed by atoms with E-state index in [-0.39, 0.29) is 0 Å². The van der Waals surface area contributed by atoms with Gasteiger partial charge in [-0.05, 0) is 49.4 Å². The van der Waals surface area contributed by atoms with Crippen LogP contribution in [0.15, 0.2) is 0 Å². The van der Waals surface area contributed by atoms with Crippen LogP contribution in [0.5, 0.6) is 0 Å². The van der Waals surface area contributed by atoms with Crippen LogP contribution in [-0.2, 0) is 4.79 Å². The molecule has 3 rings (SSSR count). The average molecular weight is 178 g/mol. The predicted molar refractivity (Wildman–Crippen MR) is 51.2 cm³/mol. The van der Waals surface area contributed by atoms with Gasteiger partial charge in [0.1, 0.15) is 5.78 Å². The molecule has 0 heterocycles. The van der Waals surface area contributed by atoms with E-state index in [1.165, 1.54) is 25.7 Å². The van der Waals surface area contributed by atoms with Crippen LogP contribution in [0.4, 0.5) is 0 Å². The van der Waals surface area contributed by atoms with E-state index in [2.05, 4.69) is 6.92 Å². The van der Waals surface area contributed by atoms with Crippen LogP contribution in [0.25, 0.3) is 0 Å². The molecule has 0 aromatic carbocycles. The summed E-state index contributed by atoms with van der Waals surface area (Å²) in [5, 5.41) is 0. The molecule has 0 spiro atoms. The van der Waals surface area contributed by atoms with Crippen LogP contribution in [0.3, 0.4) is 0 Å². The standard InChI is InChI=1S/C12H18O/c1-7-4-10-8-2-3-9(5-8)11(10)6-12(7)13/h7-11H,2-6H2,1H3/t7-,8+,9-,10-,11-/m0/s1. The molecule has 0 aliphatic heterocycles. The van der Waals surface area contributed by atoms with Crippen LogP contribution >= 0.6 is 0 Å². The van der Waals surface area contributed by atoms with Crippen LogP contribution in [-0.4, -0.2) is 5.78 Å². The van der Waals surface area contributed by atoms with E-state index < -0.39 is 0 Å². The lowest BCUT2D eigenvalue weighted by molar-refractivity contribution is -0.127. The SMILES string of the molecule is C[C@H]1C[C@H]2[C@@H]3CC[C@@H](C3)[C@@H]2CC1=O. The first-order chi connectivity index (χ1) is 6.25. The molecule has 1 heteroatoms. The summed E-state index contributed by atoms with van der Waals surface area (Å²) in [7, 11) is 0. The summed E-state index contributed by atoms with van der Waals surface area (Å²) in [4.78, 5) is 11.6. The van der Waals surface area contributed by atoms with Crippen molar-refractivity contribution in [2.75, 3.05) is 0 Å². The fourth-order valence-electron chi connectivity index (χ4n) is 4.19. The largest absolute Gasteiger partial charge is 0.299 e. The summed E-state index contributed by atoms with van der Waals surface area (Å²) >= 11 is 0. The molecule has 0 radical (unpaired) electrons. The van der Waals surface area contributed by atoms with Gasteiger partial charge >= 0.3 is 0 Å². The molecule has 0 saturated heterocycles. The Morgan fingerprint density at radius 3 is 2.54 bits per heavy atom. The molecule has 1 nitrogen and oxygen atoms in total. The highest BCUT2D eigenvalue weighted by Gasteiger charge is 2.50. The van der Waals surface area contributed by atoms with Crippen molar-refractivity contribution in [3.63, 3.8) is 0 Å². The van der Waals surface area contributed by atoms with Crippen LogP contribution in [0.1, 0.15) is 39.0 Å². The number of carbonyl (C=O) groups excluding carboxylic acids is 1. The lowest BCUT2D eigenvalue weighted by atomic mass is 9.67. The molecule has 0 amide bonds. The van der Waals surface area contributed by atoms with E-state index >= 15 is 0 Å². The van der Waals surface area contributed by atoms with Crippen molar-refractivity contribution in [3.8, 4) is 0 Å². The summed E-state index contributed by atoms with van der Waals surface area (Å²) in [6, 6.07) is 0. The van der Waals surface area contributed by atoms with E-state index in [0.29, 0.717) is 11.7 Å². The molecule has 72 valence electrons. The molecule has 3 aliphatic rings. The van der Waals surface area contributed by atoms with Gasteiger partial charge in [-0.1, -0.05) is 6.92 Å². The smallest absolute Gasteiger partial charge is 0.136 e. The highest BCUT2D eigenvalue weighted by molar-refractivity contribution is 5.81. The summed E-state index contributed by atoms with van der Waals surface area (Å²) in [5.41, 5.74) is 0. The third kappa shape index (κ3) is 1.02. The summed E-state index contributed by atoms with van der Waals surface area (Å²) < 4.78 is 0. The monoisotopic (exact) mass is 178 g/mol. The van der Waals surface area contributed by atoms with E-state index in [1.807, 2.05) is 0 Å². The second-order valence-corrected chi connectivity index (χ2v) is 5.47. The molecule has 3 aliphatic carbocycles. The Hall–Kier alpha value is -0.330. The van der Waals surface area contributed by atoms with E-state index in [1.54, 1.807) is 0 Å². The highest BCUT2D eigenvalue weighted by Crippen LogP contribution is 2.57. The molecule has 0 aromatic heterocycles. The second kappa shape index (κ2) is 2.59. The third-order valence-corrected chi connectivity index (χ3v) is 4.89. The van der Waals surface area contributed by atoms with Gasteiger partial charge in [-0.15, -0.1) is 0 Å². The lowest BCUT2D eigenvalue weighted by Crippen LogP contribution is -2.34. The number of Topliss-reactive ketones (excluding diaryl/α,β-unsaturated/α-hetero) is 1. The van der Waals surface area contributed by atoms with Gasteiger partial charge in [-0.25, -0.2) is 0 Å². The Morgan fingerprint density at radius 2 is 1.77 bits per heavy atom. The Balaban J connectivity index is 1.84. The first-order valence-corrected chi connectivity index (χ1v) is 5.78. The minimum Gasteiger partial charge on any atom is -0.299 e. The molecular weight excluding hydrogens is 160 g/mol. The molecule has 3 fully saturated rings. The average Bonchev–Trinajstić information content (AvgIpc) is 2.67. The van der Waals surface area contributed by atoms with Crippen LogP contribution in [0.2, 0.25) is 0 Å². The molecule has 3 saturated carbocycles. The van der Waals surface area contributed by atoms with Gasteiger partial charge in [0.25, 0.3) is 0 Å². The molecule has 5 atom stereocenters. The van der Waals surface area contributed by atoms with Crippen molar-refractivity contribution in [1.29, 1.82) is 0 Å². The lowest BCUT2D eigenvalue weighted by Gasteiger charge is -2.36. The third-order valence-electron chi connectivity index (χ3n) is 4.89. The van der Waals surface area contributed by atoms with E-state index in [9.17, 15) is 4.79 Å². The van der Waals surface area contributed by atoms with Crippen molar-refractivity contribution < 1.29 is 4.79 Å². The Labute approximate surface area is 79.9 Å². The number of carbonyl (C=O) groups is 1. The fraction of sp³-hybridized carbons (Fsp3) is 0.917. The zero-order valence-corrected chi connectivity index (χ0v) is 8.33. The normalized spacial score (nSPS) is 53.9. The van der Waals surface area contributed by atoms with Crippen molar-refractivity contribution >= 4 is 5.78 Å². The maximum atomic E-state index is 11.6. The van der Waals surface area contributed by atoms with Gasteiger partial charge in [0.15, 0.2) is 0 Å². The van der Waals surface area contributed by atoms with Crippen LogP contribution < -0.4 is 0 Å². The van der Waals surface area contributed by atoms with Crippen molar-refractivity contribution in [2.24, 2.45) is 29.6 Å². The molecule has 0 aromatic rings. The quantitative estimate of drug-likeness (QED) is 0.557. The van der Waals surface area contributed by atoms with Gasteiger partial charge in [-0.3, -0.25) is 4.79 Å². The maximum absolute atomic E-state index is 11.6. The molecule has 0 N–H and O–H groups in total. The van der Waals surface area contributed by atoms with Gasteiger partial charge in [0, 0.05) is 12.3 Å². The molecular formula is C12H18O. The summed E-state index contributed by atoms with van der Waals surface area (Å²) in [6.45, 7) is 2.13. The van der Waals surface area contributed by atoms with Gasteiger partial charge < -0.3 is 0 Å². The number of ketones is 1. The van der Waals surface area contributed by atoms with E-state index in [0.717, 1.165) is 30.1 Å². The zero-order valence-electron chi connectivity index (χ0n) is 8.33. The summed E-state index contributed by atoms with van der Waals surface area (Å²) in [6.07, 6.45) is 6.48. The van der Waals surface area contributed by atoms with Crippen LogP contribution in [0, 0.1) is 29.6 Å². The number of fused-ring (bicyclic) bond motifs is 5. The molecule has 0 unspecified atom stereocenters. The minimum absolute atomic E-state index is 0.376. The Morgan fingerprint density at radius 1 is 1.08 bits per heavy atom. The zero-order chi connectivity index (χ0) is 9.00. The first kappa shape index (κ1) is 8.02. The summed E-state index contributed by atoms with van der Waals surface area (Å²) in [5.74, 6) is 4.61. The van der Waals surface area contributed by atoms with Crippen molar-refractivity contribution in [3.05, 3.63) is 0 Å². The van der Waals surface area contributed by atoms with E-state index in [4.69, 9.17) is 0 Å². The number of hydrogen-bond acceptors (Lipinski definition) is 1. The molecule has 2 bridgehead atoms. The first-order valence-electron chi connectivity index (χ1n) is 5.78. The minimum atomic E-state index is 0.376. The fourth-order valence-corrected chi connectivity index (χ4v) is 4.19. The second-order valence-electron chi connectivity index (χ2n) is 5.47. The van der Waals surface area contributed by atoms with Gasteiger partial charge in [-0.2, -0.15) is 0 Å². The van der Waals surface area contributed by atoms with Crippen molar-refractivity contribution in [1.82, 2.24) is 0 Å². The predicted octanol–water partition coefficient (Wildman–Crippen LogP) is 2.65. The van der Waals surface area contributed by atoms with Gasteiger partial charge in [0.05, 0.1) is 0 Å². The Bertz CT molecular complexity index is 246. The number of rotatable bonds is 0. The number of hydrogen-bond donors (Lipinski definition) is 0. The van der Waals surface area contributed by atoms with Gasteiger partial charge in [0.2, 0.25) is 0 Å². The maximum Gasteiger partial charge on any atom is 0.136 e. The highest BCUT2D eigenvalue weighted by atomic mass is 16.1.